The normalized spacial score (nSPS) is 15.8. The molecule has 1 saturated carbocycles. The molecule has 0 atom stereocenters. The monoisotopic (exact) mass is 280 g/mol. The fraction of sp³-hybridized carbons (Fsp3) is 0.600. The summed E-state index contributed by atoms with van der Waals surface area (Å²) in [5.41, 5.74) is 7.98. The molecule has 0 heterocycles. The van der Waals surface area contributed by atoms with E-state index >= 15 is 0 Å². The fourth-order valence-electron chi connectivity index (χ4n) is 2.34. The molecule has 1 aliphatic carbocycles. The van der Waals surface area contributed by atoms with E-state index in [9.17, 15) is 0 Å². The number of anilines is 2. The topological polar surface area (TPSA) is 65.7 Å². The summed E-state index contributed by atoms with van der Waals surface area (Å²) in [7, 11) is 4.98. The van der Waals surface area contributed by atoms with Crippen molar-refractivity contribution in [2.24, 2.45) is 5.41 Å². The van der Waals surface area contributed by atoms with Crippen LogP contribution in [0.5, 0.6) is 11.5 Å². The number of hydrogen-bond donors (Lipinski definition) is 2. The molecular weight excluding hydrogens is 256 g/mol. The second-order valence-corrected chi connectivity index (χ2v) is 5.39. The number of nitrogens with two attached hydrogens (primary N) is 1. The van der Waals surface area contributed by atoms with Crippen LogP contribution in [-0.2, 0) is 4.74 Å². The minimum atomic E-state index is 0.371. The molecular formula is C15H24N2O3. The van der Waals surface area contributed by atoms with Crippen molar-refractivity contribution in [2.45, 2.75) is 19.3 Å². The van der Waals surface area contributed by atoms with Gasteiger partial charge in [-0.3, -0.25) is 0 Å². The number of ether oxygens (including phenoxy) is 3. The minimum Gasteiger partial charge on any atom is -0.493 e. The number of nitrogens with one attached hydrogen (secondary N) is 1. The maximum Gasteiger partial charge on any atom is 0.162 e. The largest absolute Gasteiger partial charge is 0.493 e. The number of nitrogen functional groups attached to an aromatic ring is 1. The molecule has 1 aliphatic rings. The second-order valence-electron chi connectivity index (χ2n) is 5.39. The molecule has 1 aromatic carbocycles. The highest BCUT2D eigenvalue weighted by molar-refractivity contribution is 5.72. The Morgan fingerprint density at radius 2 is 1.80 bits per heavy atom. The van der Waals surface area contributed by atoms with Crippen LogP contribution < -0.4 is 20.5 Å². The summed E-state index contributed by atoms with van der Waals surface area (Å²) in [6.07, 6.45) is 3.58. The van der Waals surface area contributed by atoms with Crippen molar-refractivity contribution >= 4 is 11.4 Å². The lowest BCUT2D eigenvalue weighted by Crippen LogP contribution is -2.18. The van der Waals surface area contributed by atoms with Crippen molar-refractivity contribution in [1.29, 1.82) is 0 Å². The summed E-state index contributed by atoms with van der Waals surface area (Å²) in [5.74, 6) is 1.34. The van der Waals surface area contributed by atoms with Crippen LogP contribution in [0.25, 0.3) is 0 Å². The number of benzene rings is 1. The Morgan fingerprint density at radius 3 is 2.35 bits per heavy atom. The van der Waals surface area contributed by atoms with E-state index in [2.05, 4.69) is 5.32 Å². The van der Waals surface area contributed by atoms with Gasteiger partial charge in [0.15, 0.2) is 11.5 Å². The third kappa shape index (κ3) is 3.28. The van der Waals surface area contributed by atoms with Gasteiger partial charge in [0, 0.05) is 32.4 Å². The highest BCUT2D eigenvalue weighted by Crippen LogP contribution is 2.49. The molecule has 5 nitrogen and oxygen atoms in total. The predicted molar refractivity (Wildman–Crippen MR) is 80.6 cm³/mol. The average molecular weight is 280 g/mol. The molecule has 0 aliphatic heterocycles. The molecule has 3 N–H and O–H groups in total. The van der Waals surface area contributed by atoms with Gasteiger partial charge in [0.2, 0.25) is 0 Å². The van der Waals surface area contributed by atoms with Crippen molar-refractivity contribution < 1.29 is 14.2 Å². The van der Waals surface area contributed by atoms with Gasteiger partial charge in [0.05, 0.1) is 25.6 Å². The lowest BCUT2D eigenvalue weighted by atomic mass is 10.0. The van der Waals surface area contributed by atoms with Gasteiger partial charge in [-0.2, -0.15) is 0 Å². The zero-order valence-electron chi connectivity index (χ0n) is 12.5. The third-order valence-electron chi connectivity index (χ3n) is 4.00. The summed E-state index contributed by atoms with van der Waals surface area (Å²) < 4.78 is 15.7. The van der Waals surface area contributed by atoms with Crippen LogP contribution in [0.1, 0.15) is 19.3 Å². The Hall–Kier alpha value is -1.62. The molecule has 0 radical (unpaired) electrons. The molecule has 1 fully saturated rings. The molecule has 0 saturated heterocycles. The Labute approximate surface area is 120 Å². The molecule has 112 valence electrons. The van der Waals surface area contributed by atoms with Crippen molar-refractivity contribution in [3.63, 3.8) is 0 Å². The predicted octanol–water partition coefficient (Wildman–Crippen LogP) is 2.51. The van der Waals surface area contributed by atoms with E-state index in [0.29, 0.717) is 22.6 Å². The lowest BCUT2D eigenvalue weighted by Gasteiger charge is -2.18. The van der Waals surface area contributed by atoms with E-state index in [0.717, 1.165) is 25.3 Å². The van der Waals surface area contributed by atoms with Gasteiger partial charge in [0.25, 0.3) is 0 Å². The number of methoxy groups -OCH3 is 3. The van der Waals surface area contributed by atoms with Gasteiger partial charge in [-0.25, -0.2) is 0 Å². The van der Waals surface area contributed by atoms with E-state index in [1.165, 1.54) is 12.8 Å². The third-order valence-corrected chi connectivity index (χ3v) is 4.00. The smallest absolute Gasteiger partial charge is 0.162 e. The average Bonchev–Trinajstić information content (AvgIpc) is 3.24. The van der Waals surface area contributed by atoms with Crippen LogP contribution in [0.15, 0.2) is 12.1 Å². The molecule has 5 heteroatoms. The second kappa shape index (κ2) is 6.22. The molecule has 1 aromatic rings. The van der Waals surface area contributed by atoms with Crippen molar-refractivity contribution in [3.05, 3.63) is 12.1 Å². The molecule has 0 aromatic heterocycles. The molecule has 0 spiro atoms. The Kier molecular flexibility index (Phi) is 4.60. The van der Waals surface area contributed by atoms with E-state index in [-0.39, 0.29) is 0 Å². The summed E-state index contributed by atoms with van der Waals surface area (Å²) >= 11 is 0. The van der Waals surface area contributed by atoms with E-state index in [1.807, 2.05) is 6.07 Å². The fourth-order valence-corrected chi connectivity index (χ4v) is 2.34. The van der Waals surface area contributed by atoms with Crippen LogP contribution in [0, 0.1) is 5.41 Å². The SMILES string of the molecule is COCCC1(CNc2cc(OC)c(OC)cc2N)CC1. The lowest BCUT2D eigenvalue weighted by molar-refractivity contribution is 0.175. The highest BCUT2D eigenvalue weighted by Gasteiger charge is 2.41. The van der Waals surface area contributed by atoms with Crippen LogP contribution in [0.2, 0.25) is 0 Å². The zero-order valence-corrected chi connectivity index (χ0v) is 12.5. The standard InChI is InChI=1S/C15H24N2O3/c1-18-7-6-15(4-5-15)10-17-12-9-14(20-3)13(19-2)8-11(12)16/h8-9,17H,4-7,10,16H2,1-3H3. The van der Waals surface area contributed by atoms with Crippen molar-refractivity contribution in [1.82, 2.24) is 0 Å². The molecule has 20 heavy (non-hydrogen) atoms. The van der Waals surface area contributed by atoms with Crippen molar-refractivity contribution in [2.75, 3.05) is 45.5 Å². The van der Waals surface area contributed by atoms with Gasteiger partial charge >= 0.3 is 0 Å². The van der Waals surface area contributed by atoms with Crippen LogP contribution in [-0.4, -0.2) is 34.5 Å². The highest BCUT2D eigenvalue weighted by atomic mass is 16.5. The molecule has 0 unspecified atom stereocenters. The quantitative estimate of drug-likeness (QED) is 0.716. The van der Waals surface area contributed by atoms with E-state index in [1.54, 1.807) is 27.4 Å². The maximum absolute atomic E-state index is 6.05. The first kappa shape index (κ1) is 14.8. The Balaban J connectivity index is 2.02. The molecule has 0 amide bonds. The van der Waals surface area contributed by atoms with Gasteiger partial charge in [-0.1, -0.05) is 0 Å². The maximum atomic E-state index is 6.05. The molecule has 2 rings (SSSR count). The van der Waals surface area contributed by atoms with Crippen LogP contribution in [0.4, 0.5) is 11.4 Å². The summed E-state index contributed by atoms with van der Waals surface area (Å²) in [5, 5.41) is 3.43. The van der Waals surface area contributed by atoms with E-state index in [4.69, 9.17) is 19.9 Å². The van der Waals surface area contributed by atoms with Crippen LogP contribution in [0.3, 0.4) is 0 Å². The number of rotatable bonds is 8. The first-order valence-electron chi connectivity index (χ1n) is 6.88. The zero-order chi connectivity index (χ0) is 14.6. The van der Waals surface area contributed by atoms with E-state index < -0.39 is 0 Å². The Bertz CT molecular complexity index is 459. The number of hydrogen-bond acceptors (Lipinski definition) is 5. The Morgan fingerprint density at radius 1 is 1.15 bits per heavy atom. The van der Waals surface area contributed by atoms with Gasteiger partial charge in [-0.05, 0) is 24.7 Å². The summed E-state index contributed by atoms with van der Waals surface area (Å²) in [6.45, 7) is 1.72. The molecule has 0 bridgehead atoms. The van der Waals surface area contributed by atoms with Gasteiger partial charge < -0.3 is 25.3 Å². The summed E-state index contributed by atoms with van der Waals surface area (Å²) in [6, 6.07) is 3.68. The first-order valence-corrected chi connectivity index (χ1v) is 6.88. The van der Waals surface area contributed by atoms with Gasteiger partial charge in [-0.15, -0.1) is 0 Å². The van der Waals surface area contributed by atoms with Crippen molar-refractivity contribution in [3.8, 4) is 11.5 Å². The summed E-state index contributed by atoms with van der Waals surface area (Å²) in [4.78, 5) is 0. The first-order chi connectivity index (χ1) is 9.64. The van der Waals surface area contributed by atoms with Gasteiger partial charge in [0.1, 0.15) is 0 Å². The minimum absolute atomic E-state index is 0.371. The van der Waals surface area contributed by atoms with Crippen LogP contribution >= 0.6 is 0 Å².